The van der Waals surface area contributed by atoms with Gasteiger partial charge < -0.3 is 19.5 Å². The predicted molar refractivity (Wildman–Crippen MR) is 89.4 cm³/mol. The van der Waals surface area contributed by atoms with Crippen LogP contribution in [0.15, 0.2) is 18.2 Å². The molecule has 1 atom stereocenters. The van der Waals surface area contributed by atoms with Crippen molar-refractivity contribution in [1.29, 1.82) is 0 Å². The summed E-state index contributed by atoms with van der Waals surface area (Å²) in [4.78, 5) is 24.6. The Morgan fingerprint density at radius 1 is 1.42 bits per heavy atom. The van der Waals surface area contributed by atoms with Gasteiger partial charge >= 0.3 is 5.97 Å². The molecule has 1 N–H and O–H groups in total. The Kier molecular flexibility index (Phi) is 6.46. The molecule has 1 aliphatic rings. The van der Waals surface area contributed by atoms with Gasteiger partial charge in [-0.05, 0) is 24.5 Å². The number of benzene rings is 1. The quantitative estimate of drug-likeness (QED) is 0.701. The summed E-state index contributed by atoms with van der Waals surface area (Å²) in [7, 11) is 1.60. The van der Waals surface area contributed by atoms with Crippen molar-refractivity contribution in [2.24, 2.45) is 5.92 Å². The number of hydrogen-bond acceptors (Lipinski definition) is 4. The van der Waals surface area contributed by atoms with Crippen molar-refractivity contribution in [2.45, 2.75) is 32.6 Å². The van der Waals surface area contributed by atoms with E-state index in [4.69, 9.17) is 14.6 Å². The second-order valence-corrected chi connectivity index (χ2v) is 5.98. The highest BCUT2D eigenvalue weighted by atomic mass is 16.5. The summed E-state index contributed by atoms with van der Waals surface area (Å²) in [6.07, 6.45) is 2.70. The van der Waals surface area contributed by atoms with E-state index in [1.165, 1.54) is 0 Å². The van der Waals surface area contributed by atoms with Crippen molar-refractivity contribution in [3.63, 3.8) is 0 Å². The lowest BCUT2D eigenvalue weighted by Gasteiger charge is -2.19. The fraction of sp³-hybridized carbons (Fsp3) is 0.556. The number of carbonyl (C=O) groups excluding carboxylic acids is 1. The number of nitrogens with zero attached hydrogens (tertiary/aromatic N) is 1. The molecular formula is C18H25NO5. The van der Waals surface area contributed by atoms with Gasteiger partial charge in [0.2, 0.25) is 5.91 Å². The van der Waals surface area contributed by atoms with Crippen LogP contribution in [0.5, 0.6) is 11.5 Å². The molecule has 6 nitrogen and oxygen atoms in total. The average molecular weight is 335 g/mol. The predicted octanol–water partition coefficient (Wildman–Crippen LogP) is 2.35. The third-order valence-corrected chi connectivity index (χ3v) is 4.24. The normalized spacial score (nSPS) is 17.2. The van der Waals surface area contributed by atoms with Gasteiger partial charge in [0, 0.05) is 19.5 Å². The zero-order valence-corrected chi connectivity index (χ0v) is 14.3. The van der Waals surface area contributed by atoms with Gasteiger partial charge in [-0.15, -0.1) is 0 Å². The van der Waals surface area contributed by atoms with Crippen LogP contribution in [-0.2, 0) is 16.0 Å². The first kappa shape index (κ1) is 18.1. The summed E-state index contributed by atoms with van der Waals surface area (Å²) in [5, 5.41) is 9.05. The summed E-state index contributed by atoms with van der Waals surface area (Å²) in [6, 6.07) is 5.71. The topological polar surface area (TPSA) is 76.1 Å². The van der Waals surface area contributed by atoms with Crippen molar-refractivity contribution < 1.29 is 24.2 Å². The van der Waals surface area contributed by atoms with Gasteiger partial charge in [-0.2, -0.15) is 0 Å². The van der Waals surface area contributed by atoms with E-state index < -0.39 is 11.9 Å². The fourth-order valence-corrected chi connectivity index (χ4v) is 2.81. The van der Waals surface area contributed by atoms with Gasteiger partial charge in [0.1, 0.15) is 0 Å². The number of likely N-dealkylation sites (tertiary alicyclic amines) is 1. The molecule has 1 unspecified atom stereocenters. The molecule has 24 heavy (non-hydrogen) atoms. The highest BCUT2D eigenvalue weighted by Crippen LogP contribution is 2.32. The van der Waals surface area contributed by atoms with Gasteiger partial charge in [-0.25, -0.2) is 0 Å². The number of rotatable bonds is 9. The molecule has 0 bridgehead atoms. The number of carboxylic acids is 1. The molecule has 1 heterocycles. The lowest BCUT2D eigenvalue weighted by atomic mass is 10.1. The number of carboxylic acid groups (broad SMARTS) is 1. The molecule has 1 amide bonds. The molecule has 0 aliphatic carbocycles. The van der Waals surface area contributed by atoms with E-state index in [1.54, 1.807) is 12.0 Å². The number of carbonyl (C=O) groups is 2. The van der Waals surface area contributed by atoms with E-state index in [1.807, 2.05) is 18.2 Å². The SMILES string of the molecule is CCCCOc1c(CCN2CC(C(=O)O)CC2=O)cccc1OC. The van der Waals surface area contributed by atoms with Crippen LogP contribution in [0.25, 0.3) is 0 Å². The lowest BCUT2D eigenvalue weighted by Crippen LogP contribution is -2.28. The molecule has 0 radical (unpaired) electrons. The summed E-state index contributed by atoms with van der Waals surface area (Å²) in [5.74, 6) is -0.202. The van der Waals surface area contributed by atoms with E-state index in [9.17, 15) is 9.59 Å². The minimum Gasteiger partial charge on any atom is -0.493 e. The average Bonchev–Trinajstić information content (AvgIpc) is 2.95. The Balaban J connectivity index is 2.03. The minimum absolute atomic E-state index is 0.0906. The molecule has 1 fully saturated rings. The number of para-hydroxylation sites is 1. The smallest absolute Gasteiger partial charge is 0.308 e. The van der Waals surface area contributed by atoms with Crippen molar-refractivity contribution in [3.8, 4) is 11.5 Å². The summed E-state index contributed by atoms with van der Waals surface area (Å²) < 4.78 is 11.3. The van der Waals surface area contributed by atoms with Gasteiger partial charge in [0.15, 0.2) is 11.5 Å². The molecular weight excluding hydrogens is 310 g/mol. The highest BCUT2D eigenvalue weighted by molar-refractivity contribution is 5.86. The number of amides is 1. The van der Waals surface area contributed by atoms with Gasteiger partial charge in [-0.1, -0.05) is 25.5 Å². The first-order chi connectivity index (χ1) is 11.6. The number of hydrogen-bond donors (Lipinski definition) is 1. The van der Waals surface area contributed by atoms with E-state index in [-0.39, 0.29) is 18.9 Å². The molecule has 0 aromatic heterocycles. The maximum atomic E-state index is 11.9. The van der Waals surface area contributed by atoms with Gasteiger partial charge in [0.25, 0.3) is 0 Å². The summed E-state index contributed by atoms with van der Waals surface area (Å²) in [5.41, 5.74) is 0.969. The standard InChI is InChI=1S/C18H25NO5/c1-3-4-10-24-17-13(6-5-7-15(17)23-2)8-9-19-12-14(18(21)22)11-16(19)20/h5-7,14H,3-4,8-12H2,1-2H3,(H,21,22). The molecule has 132 valence electrons. The van der Waals surface area contributed by atoms with E-state index >= 15 is 0 Å². The van der Waals surface area contributed by atoms with Crippen molar-refractivity contribution in [1.82, 2.24) is 4.90 Å². The van der Waals surface area contributed by atoms with Crippen LogP contribution < -0.4 is 9.47 Å². The zero-order chi connectivity index (χ0) is 17.5. The second-order valence-electron chi connectivity index (χ2n) is 5.98. The molecule has 6 heteroatoms. The maximum Gasteiger partial charge on any atom is 0.308 e. The first-order valence-corrected chi connectivity index (χ1v) is 8.36. The van der Waals surface area contributed by atoms with Crippen LogP contribution in [0.2, 0.25) is 0 Å². The van der Waals surface area contributed by atoms with Gasteiger partial charge in [-0.3, -0.25) is 9.59 Å². The van der Waals surface area contributed by atoms with Crippen molar-refractivity contribution >= 4 is 11.9 Å². The van der Waals surface area contributed by atoms with Crippen LogP contribution in [0.3, 0.4) is 0 Å². The Hall–Kier alpha value is -2.24. The molecule has 1 aromatic rings. The highest BCUT2D eigenvalue weighted by Gasteiger charge is 2.33. The van der Waals surface area contributed by atoms with Crippen LogP contribution in [0, 0.1) is 5.92 Å². The van der Waals surface area contributed by atoms with Crippen LogP contribution in [0.4, 0.5) is 0 Å². The number of methoxy groups -OCH3 is 1. The van der Waals surface area contributed by atoms with E-state index in [0.29, 0.717) is 25.3 Å². The van der Waals surface area contributed by atoms with Crippen molar-refractivity contribution in [2.75, 3.05) is 26.8 Å². The number of ether oxygens (including phenoxy) is 2. The largest absolute Gasteiger partial charge is 0.493 e. The van der Waals surface area contributed by atoms with Crippen LogP contribution in [-0.4, -0.2) is 48.7 Å². The Morgan fingerprint density at radius 3 is 2.83 bits per heavy atom. The molecule has 1 aliphatic heterocycles. The third kappa shape index (κ3) is 4.40. The molecule has 0 spiro atoms. The van der Waals surface area contributed by atoms with E-state index in [2.05, 4.69) is 6.92 Å². The minimum atomic E-state index is -0.907. The number of aliphatic carboxylic acids is 1. The molecule has 1 aromatic carbocycles. The monoisotopic (exact) mass is 335 g/mol. The van der Waals surface area contributed by atoms with Gasteiger partial charge in [0.05, 0.1) is 19.6 Å². The fourth-order valence-electron chi connectivity index (χ4n) is 2.81. The lowest BCUT2D eigenvalue weighted by molar-refractivity contribution is -0.141. The Labute approximate surface area is 142 Å². The summed E-state index contributed by atoms with van der Waals surface area (Å²) in [6.45, 7) is 3.49. The zero-order valence-electron chi connectivity index (χ0n) is 14.3. The Bertz CT molecular complexity index is 587. The molecule has 2 rings (SSSR count). The summed E-state index contributed by atoms with van der Waals surface area (Å²) >= 11 is 0. The number of unbranched alkanes of at least 4 members (excludes halogenated alkanes) is 1. The molecule has 1 saturated heterocycles. The first-order valence-electron chi connectivity index (χ1n) is 8.36. The Morgan fingerprint density at radius 2 is 2.21 bits per heavy atom. The third-order valence-electron chi connectivity index (χ3n) is 4.24. The van der Waals surface area contributed by atoms with Crippen molar-refractivity contribution in [3.05, 3.63) is 23.8 Å². The maximum absolute atomic E-state index is 11.9. The van der Waals surface area contributed by atoms with Crippen LogP contribution in [0.1, 0.15) is 31.7 Å². The second kappa shape index (κ2) is 8.57. The molecule has 0 saturated carbocycles. The van der Waals surface area contributed by atoms with Crippen LogP contribution >= 0.6 is 0 Å². The van der Waals surface area contributed by atoms with E-state index in [0.717, 1.165) is 24.2 Å².